The van der Waals surface area contributed by atoms with Crippen molar-refractivity contribution in [3.8, 4) is 5.75 Å². The molecule has 4 nitrogen and oxygen atoms in total. The maximum atomic E-state index is 5.45. The summed E-state index contributed by atoms with van der Waals surface area (Å²) in [4.78, 5) is 9.43. The molecular formula is C18H22BrN3O. The van der Waals surface area contributed by atoms with Gasteiger partial charge in [0.15, 0.2) is 0 Å². The number of nitrogens with zero attached hydrogens (tertiary/aromatic N) is 3. The van der Waals surface area contributed by atoms with Crippen LogP contribution in [0.2, 0.25) is 0 Å². The number of hydrogen-bond acceptors (Lipinski definition) is 4. The van der Waals surface area contributed by atoms with Gasteiger partial charge in [0.1, 0.15) is 11.6 Å². The minimum absolute atomic E-state index is 0.935. The molecule has 0 N–H and O–H groups in total. The molecule has 0 aliphatic carbocycles. The van der Waals surface area contributed by atoms with Gasteiger partial charge < -0.3 is 9.64 Å². The van der Waals surface area contributed by atoms with Crippen LogP contribution in [0.5, 0.6) is 5.75 Å². The van der Waals surface area contributed by atoms with Gasteiger partial charge in [-0.1, -0.05) is 18.2 Å². The lowest BCUT2D eigenvalue weighted by molar-refractivity contribution is 0.245. The summed E-state index contributed by atoms with van der Waals surface area (Å²) in [5.41, 5.74) is 2.47. The molecule has 0 atom stereocenters. The lowest BCUT2D eigenvalue weighted by Crippen LogP contribution is -2.46. The maximum Gasteiger partial charge on any atom is 0.131 e. The predicted octanol–water partition coefficient (Wildman–Crippen LogP) is 3.48. The highest BCUT2D eigenvalue weighted by Crippen LogP contribution is 2.23. The first-order valence-corrected chi connectivity index (χ1v) is 8.68. The van der Waals surface area contributed by atoms with Crippen molar-refractivity contribution in [3.05, 3.63) is 52.1 Å². The minimum Gasteiger partial charge on any atom is -0.496 e. The van der Waals surface area contributed by atoms with Crippen LogP contribution in [-0.4, -0.2) is 43.2 Å². The number of aromatic nitrogens is 1. The monoisotopic (exact) mass is 375 g/mol. The fourth-order valence-corrected chi connectivity index (χ4v) is 3.50. The van der Waals surface area contributed by atoms with E-state index in [0.717, 1.165) is 48.8 Å². The first-order chi connectivity index (χ1) is 11.2. The number of benzene rings is 1. The number of hydrogen-bond donors (Lipinski definition) is 0. The van der Waals surface area contributed by atoms with Gasteiger partial charge in [0.05, 0.1) is 7.11 Å². The van der Waals surface area contributed by atoms with Crippen molar-refractivity contribution in [2.75, 3.05) is 38.2 Å². The van der Waals surface area contributed by atoms with E-state index in [-0.39, 0.29) is 0 Å². The fourth-order valence-electron chi connectivity index (χ4n) is 3.06. The van der Waals surface area contributed by atoms with Crippen LogP contribution in [-0.2, 0) is 6.54 Å². The molecule has 0 amide bonds. The molecule has 0 saturated carbocycles. The predicted molar refractivity (Wildman–Crippen MR) is 97.2 cm³/mol. The van der Waals surface area contributed by atoms with Crippen molar-refractivity contribution >= 4 is 21.7 Å². The highest BCUT2D eigenvalue weighted by atomic mass is 79.9. The average molecular weight is 376 g/mol. The lowest BCUT2D eigenvalue weighted by Gasteiger charge is -2.36. The van der Waals surface area contributed by atoms with E-state index in [1.165, 1.54) is 11.1 Å². The molecule has 5 heteroatoms. The van der Waals surface area contributed by atoms with E-state index in [2.05, 4.69) is 55.8 Å². The molecule has 122 valence electrons. The van der Waals surface area contributed by atoms with E-state index in [9.17, 15) is 0 Å². The zero-order valence-electron chi connectivity index (χ0n) is 13.6. The van der Waals surface area contributed by atoms with Gasteiger partial charge in [-0.3, -0.25) is 4.90 Å². The highest BCUT2D eigenvalue weighted by Gasteiger charge is 2.20. The zero-order chi connectivity index (χ0) is 16.2. The molecule has 2 heterocycles. The smallest absolute Gasteiger partial charge is 0.131 e. The Bertz CT molecular complexity index is 669. The molecular weight excluding hydrogens is 354 g/mol. The number of rotatable bonds is 4. The Morgan fingerprint density at radius 3 is 2.61 bits per heavy atom. The number of ether oxygens (including phenoxy) is 1. The van der Waals surface area contributed by atoms with Crippen LogP contribution in [0.25, 0.3) is 0 Å². The van der Waals surface area contributed by atoms with E-state index in [1.54, 1.807) is 7.11 Å². The molecule has 1 aromatic carbocycles. The Balaban J connectivity index is 1.62. The number of para-hydroxylation sites is 1. The minimum atomic E-state index is 0.935. The van der Waals surface area contributed by atoms with Crippen LogP contribution in [0, 0.1) is 6.92 Å². The van der Waals surface area contributed by atoms with Crippen molar-refractivity contribution in [3.63, 3.8) is 0 Å². The molecule has 3 rings (SSSR count). The van der Waals surface area contributed by atoms with Gasteiger partial charge >= 0.3 is 0 Å². The molecule has 1 fully saturated rings. The number of halogens is 1. The molecule has 0 spiro atoms. The van der Waals surface area contributed by atoms with Crippen LogP contribution in [0.15, 0.2) is 41.0 Å². The second kappa shape index (κ2) is 7.32. The first-order valence-electron chi connectivity index (χ1n) is 7.88. The molecule has 1 aromatic heterocycles. The molecule has 0 radical (unpaired) electrons. The number of aryl methyl sites for hydroxylation is 1. The summed E-state index contributed by atoms with van der Waals surface area (Å²) in [7, 11) is 1.73. The summed E-state index contributed by atoms with van der Waals surface area (Å²) in [6, 6.07) is 10.4. The van der Waals surface area contributed by atoms with Crippen LogP contribution >= 0.6 is 15.9 Å². The normalized spacial score (nSPS) is 15.7. The first kappa shape index (κ1) is 16.3. The largest absolute Gasteiger partial charge is 0.496 e. The topological polar surface area (TPSA) is 28.6 Å². The third-order valence-electron chi connectivity index (χ3n) is 4.28. The highest BCUT2D eigenvalue weighted by molar-refractivity contribution is 9.10. The Labute approximate surface area is 146 Å². The Kier molecular flexibility index (Phi) is 5.18. The van der Waals surface area contributed by atoms with Gasteiger partial charge in [0.25, 0.3) is 0 Å². The van der Waals surface area contributed by atoms with E-state index in [1.807, 2.05) is 18.3 Å². The Hall–Kier alpha value is -1.59. The van der Waals surface area contributed by atoms with E-state index >= 15 is 0 Å². The Morgan fingerprint density at radius 2 is 1.91 bits per heavy atom. The van der Waals surface area contributed by atoms with Crippen LogP contribution in [0.3, 0.4) is 0 Å². The van der Waals surface area contributed by atoms with E-state index in [4.69, 9.17) is 4.74 Å². The average Bonchev–Trinajstić information content (AvgIpc) is 2.56. The SMILES string of the molecule is COc1ccccc1CN1CCN(c2ncc(Br)cc2C)CC1. The van der Waals surface area contributed by atoms with Crippen LogP contribution < -0.4 is 9.64 Å². The number of piperazine rings is 1. The van der Waals surface area contributed by atoms with Gasteiger partial charge in [0, 0.05) is 49.0 Å². The zero-order valence-corrected chi connectivity index (χ0v) is 15.2. The second-order valence-corrected chi connectivity index (χ2v) is 6.78. The third-order valence-corrected chi connectivity index (χ3v) is 4.71. The molecule has 0 unspecified atom stereocenters. The fraction of sp³-hybridized carbons (Fsp3) is 0.389. The molecule has 23 heavy (non-hydrogen) atoms. The van der Waals surface area contributed by atoms with E-state index < -0.39 is 0 Å². The van der Waals surface area contributed by atoms with Crippen molar-refractivity contribution in [2.24, 2.45) is 0 Å². The summed E-state index contributed by atoms with van der Waals surface area (Å²) in [6.45, 7) is 7.14. The van der Waals surface area contributed by atoms with Gasteiger partial charge in [-0.15, -0.1) is 0 Å². The van der Waals surface area contributed by atoms with Crippen LogP contribution in [0.1, 0.15) is 11.1 Å². The number of anilines is 1. The van der Waals surface area contributed by atoms with Gasteiger partial charge in [0.2, 0.25) is 0 Å². The summed E-state index contributed by atoms with van der Waals surface area (Å²) >= 11 is 3.48. The molecule has 1 aliphatic rings. The molecule has 1 saturated heterocycles. The van der Waals surface area contributed by atoms with Gasteiger partial charge in [-0.2, -0.15) is 0 Å². The van der Waals surface area contributed by atoms with Crippen molar-refractivity contribution in [1.29, 1.82) is 0 Å². The number of methoxy groups -OCH3 is 1. The van der Waals surface area contributed by atoms with Crippen LogP contribution in [0.4, 0.5) is 5.82 Å². The lowest BCUT2D eigenvalue weighted by atomic mass is 10.1. The van der Waals surface area contributed by atoms with Crippen molar-refractivity contribution in [1.82, 2.24) is 9.88 Å². The molecule has 2 aromatic rings. The second-order valence-electron chi connectivity index (χ2n) is 5.87. The molecule has 0 bridgehead atoms. The number of pyridine rings is 1. The van der Waals surface area contributed by atoms with E-state index in [0.29, 0.717) is 0 Å². The van der Waals surface area contributed by atoms with Gasteiger partial charge in [-0.05, 0) is 40.5 Å². The Morgan fingerprint density at radius 1 is 1.17 bits per heavy atom. The van der Waals surface area contributed by atoms with Gasteiger partial charge in [-0.25, -0.2) is 4.98 Å². The van der Waals surface area contributed by atoms with Crippen molar-refractivity contribution in [2.45, 2.75) is 13.5 Å². The summed E-state index contributed by atoms with van der Waals surface area (Å²) in [5, 5.41) is 0. The molecule has 1 aliphatic heterocycles. The quantitative estimate of drug-likeness (QED) is 0.817. The standard InChI is InChI=1S/C18H22BrN3O/c1-14-11-16(19)12-20-18(14)22-9-7-21(8-10-22)13-15-5-3-4-6-17(15)23-2/h3-6,11-12H,7-10,13H2,1-2H3. The maximum absolute atomic E-state index is 5.45. The summed E-state index contributed by atoms with van der Waals surface area (Å²) in [5.74, 6) is 2.07. The summed E-state index contributed by atoms with van der Waals surface area (Å²) < 4.78 is 6.49. The van der Waals surface area contributed by atoms with Crippen molar-refractivity contribution < 1.29 is 4.74 Å². The third kappa shape index (κ3) is 3.85. The summed E-state index contributed by atoms with van der Waals surface area (Å²) in [6.07, 6.45) is 1.88.